The number of carbonyl (C=O) groups is 1. The second-order valence-electron chi connectivity index (χ2n) is 4.43. The predicted octanol–water partition coefficient (Wildman–Crippen LogP) is 3.44. The molecule has 1 aliphatic carbocycles. The van der Waals surface area contributed by atoms with Crippen LogP contribution in [-0.2, 0) is 4.74 Å². The molecular formula is C13H18O2S. The average molecular weight is 238 g/mol. The number of ketones is 1. The van der Waals surface area contributed by atoms with Gasteiger partial charge in [-0.1, -0.05) is 0 Å². The molecule has 1 aliphatic rings. The molecule has 16 heavy (non-hydrogen) atoms. The molecule has 2 rings (SSSR count). The molecule has 0 aromatic carbocycles. The summed E-state index contributed by atoms with van der Waals surface area (Å²) in [6, 6.07) is 1.95. The van der Waals surface area contributed by atoms with Crippen LogP contribution < -0.4 is 0 Å². The lowest BCUT2D eigenvalue weighted by molar-refractivity contribution is -0.0246. The number of aryl methyl sites for hydroxylation is 1. The van der Waals surface area contributed by atoms with Gasteiger partial charge in [-0.25, -0.2) is 0 Å². The highest BCUT2D eigenvalue weighted by atomic mass is 32.1. The van der Waals surface area contributed by atoms with Gasteiger partial charge in [-0.2, -0.15) is 0 Å². The average Bonchev–Trinajstić information content (AvgIpc) is 2.61. The summed E-state index contributed by atoms with van der Waals surface area (Å²) in [5.74, 6) is 0.849. The molecule has 0 aliphatic heterocycles. The van der Waals surface area contributed by atoms with Crippen molar-refractivity contribution in [3.05, 3.63) is 21.9 Å². The van der Waals surface area contributed by atoms with Crippen molar-refractivity contribution in [2.24, 2.45) is 5.92 Å². The summed E-state index contributed by atoms with van der Waals surface area (Å²) in [4.78, 5) is 13.1. The van der Waals surface area contributed by atoms with Crippen molar-refractivity contribution in [1.29, 1.82) is 0 Å². The van der Waals surface area contributed by atoms with Gasteiger partial charge in [0.1, 0.15) is 0 Å². The third kappa shape index (κ3) is 2.53. The largest absolute Gasteiger partial charge is 0.378 e. The van der Waals surface area contributed by atoms with Gasteiger partial charge in [0.2, 0.25) is 0 Å². The van der Waals surface area contributed by atoms with Crippen molar-refractivity contribution in [2.45, 2.75) is 39.2 Å². The molecule has 1 saturated carbocycles. The number of hydrogen-bond acceptors (Lipinski definition) is 3. The molecule has 0 unspecified atom stereocenters. The number of rotatable bonds is 5. The maximum atomic E-state index is 12.0. The first-order chi connectivity index (χ1) is 7.70. The summed E-state index contributed by atoms with van der Waals surface area (Å²) < 4.78 is 5.49. The van der Waals surface area contributed by atoms with Gasteiger partial charge in [-0.3, -0.25) is 4.79 Å². The fraction of sp³-hybridized carbons (Fsp3) is 0.615. The number of carbonyl (C=O) groups excluding carboxylic acids is 1. The van der Waals surface area contributed by atoms with Crippen molar-refractivity contribution >= 4 is 17.1 Å². The molecule has 0 bridgehead atoms. The molecule has 3 heteroatoms. The second kappa shape index (κ2) is 5.11. The van der Waals surface area contributed by atoms with Crippen LogP contribution in [0.2, 0.25) is 0 Å². The van der Waals surface area contributed by atoms with Crippen LogP contribution in [0.15, 0.2) is 11.4 Å². The van der Waals surface area contributed by atoms with Crippen molar-refractivity contribution in [1.82, 2.24) is 0 Å². The Kier molecular flexibility index (Phi) is 3.77. The smallest absolute Gasteiger partial charge is 0.164 e. The quantitative estimate of drug-likeness (QED) is 0.734. The van der Waals surface area contributed by atoms with E-state index in [1.165, 1.54) is 0 Å². The Labute approximate surface area is 101 Å². The van der Waals surface area contributed by atoms with Gasteiger partial charge in [0, 0.05) is 23.5 Å². The van der Waals surface area contributed by atoms with Crippen LogP contribution in [0.25, 0.3) is 0 Å². The van der Waals surface area contributed by atoms with E-state index in [1.807, 2.05) is 25.3 Å². The van der Waals surface area contributed by atoms with E-state index >= 15 is 0 Å². The fourth-order valence-corrected chi connectivity index (χ4v) is 2.98. The number of ether oxygens (including phenoxy) is 1. The van der Waals surface area contributed by atoms with E-state index in [1.54, 1.807) is 11.3 Å². The van der Waals surface area contributed by atoms with E-state index in [-0.39, 0.29) is 0 Å². The SMILES string of the molecule is CCOC1CC(CC(=O)c2ccsc2C)C1. The van der Waals surface area contributed by atoms with Gasteiger partial charge in [0.25, 0.3) is 0 Å². The molecule has 0 N–H and O–H groups in total. The Morgan fingerprint density at radius 2 is 2.31 bits per heavy atom. The second-order valence-corrected chi connectivity index (χ2v) is 5.55. The minimum atomic E-state index is 0.304. The minimum absolute atomic E-state index is 0.304. The summed E-state index contributed by atoms with van der Waals surface area (Å²) >= 11 is 1.65. The van der Waals surface area contributed by atoms with Crippen molar-refractivity contribution in [3.8, 4) is 0 Å². The van der Waals surface area contributed by atoms with E-state index in [4.69, 9.17) is 4.74 Å². The molecule has 0 amide bonds. The normalized spacial score (nSPS) is 24.1. The van der Waals surface area contributed by atoms with Crippen LogP contribution in [0.4, 0.5) is 0 Å². The molecule has 0 radical (unpaired) electrons. The zero-order valence-corrected chi connectivity index (χ0v) is 10.7. The van der Waals surface area contributed by atoms with E-state index in [0.717, 1.165) is 29.9 Å². The first kappa shape index (κ1) is 11.8. The summed E-state index contributed by atoms with van der Waals surface area (Å²) in [7, 11) is 0. The fourth-order valence-electron chi connectivity index (χ4n) is 2.26. The molecule has 0 atom stereocenters. The lowest BCUT2D eigenvalue weighted by atomic mass is 9.78. The Morgan fingerprint density at radius 3 is 2.88 bits per heavy atom. The van der Waals surface area contributed by atoms with Crippen molar-refractivity contribution in [3.63, 3.8) is 0 Å². The lowest BCUT2D eigenvalue weighted by Crippen LogP contribution is -2.32. The van der Waals surface area contributed by atoms with Crippen molar-refractivity contribution < 1.29 is 9.53 Å². The molecule has 1 fully saturated rings. The first-order valence-corrected chi connectivity index (χ1v) is 6.77. The third-order valence-electron chi connectivity index (χ3n) is 3.23. The Hall–Kier alpha value is -0.670. The maximum Gasteiger partial charge on any atom is 0.164 e. The topological polar surface area (TPSA) is 26.3 Å². The number of thiophene rings is 1. The van der Waals surface area contributed by atoms with Crippen LogP contribution in [-0.4, -0.2) is 18.5 Å². The summed E-state index contributed by atoms with van der Waals surface area (Å²) in [6.45, 7) is 4.82. The summed E-state index contributed by atoms with van der Waals surface area (Å²) in [5.41, 5.74) is 0.921. The van der Waals surface area contributed by atoms with Gasteiger partial charge >= 0.3 is 0 Å². The van der Waals surface area contributed by atoms with Gasteiger partial charge < -0.3 is 4.74 Å². The molecule has 0 spiro atoms. The molecule has 88 valence electrons. The van der Waals surface area contributed by atoms with Crippen molar-refractivity contribution in [2.75, 3.05) is 6.61 Å². The van der Waals surface area contributed by atoms with Crippen LogP contribution >= 0.6 is 11.3 Å². The Bertz CT molecular complexity index is 364. The van der Waals surface area contributed by atoms with E-state index in [0.29, 0.717) is 24.2 Å². The number of Topliss-reactive ketones (excluding diaryl/α,β-unsaturated/α-hetero) is 1. The van der Waals surface area contributed by atoms with Crippen LogP contribution in [0, 0.1) is 12.8 Å². The van der Waals surface area contributed by atoms with E-state index < -0.39 is 0 Å². The first-order valence-electron chi connectivity index (χ1n) is 5.89. The van der Waals surface area contributed by atoms with Gasteiger partial charge in [-0.05, 0) is 44.1 Å². The van der Waals surface area contributed by atoms with Gasteiger partial charge in [-0.15, -0.1) is 11.3 Å². The molecule has 1 aromatic heterocycles. The highest BCUT2D eigenvalue weighted by Crippen LogP contribution is 2.34. The lowest BCUT2D eigenvalue weighted by Gasteiger charge is -2.34. The molecule has 2 nitrogen and oxygen atoms in total. The highest BCUT2D eigenvalue weighted by molar-refractivity contribution is 7.10. The van der Waals surface area contributed by atoms with Gasteiger partial charge in [0.15, 0.2) is 5.78 Å². The molecule has 1 aromatic rings. The highest BCUT2D eigenvalue weighted by Gasteiger charge is 2.31. The predicted molar refractivity (Wildman–Crippen MR) is 66.1 cm³/mol. The summed E-state index contributed by atoms with van der Waals surface area (Å²) in [5, 5.41) is 1.99. The third-order valence-corrected chi connectivity index (χ3v) is 4.07. The van der Waals surface area contributed by atoms with E-state index in [2.05, 4.69) is 0 Å². The Balaban J connectivity index is 1.80. The zero-order valence-electron chi connectivity index (χ0n) is 9.86. The zero-order chi connectivity index (χ0) is 11.5. The van der Waals surface area contributed by atoms with Crippen LogP contribution in [0.3, 0.4) is 0 Å². The van der Waals surface area contributed by atoms with Crippen LogP contribution in [0.5, 0.6) is 0 Å². The molecule has 1 heterocycles. The maximum absolute atomic E-state index is 12.0. The minimum Gasteiger partial charge on any atom is -0.378 e. The summed E-state index contributed by atoms with van der Waals surface area (Å²) in [6.07, 6.45) is 3.22. The number of hydrogen-bond donors (Lipinski definition) is 0. The standard InChI is InChI=1S/C13H18O2S/c1-3-15-11-6-10(7-11)8-13(14)12-4-5-16-9(12)2/h4-5,10-11H,3,6-8H2,1-2H3. The van der Waals surface area contributed by atoms with E-state index in [9.17, 15) is 4.79 Å². The molecule has 0 saturated heterocycles. The molecular weight excluding hydrogens is 220 g/mol. The van der Waals surface area contributed by atoms with Crippen LogP contribution in [0.1, 0.15) is 41.4 Å². The Morgan fingerprint density at radius 1 is 1.56 bits per heavy atom. The van der Waals surface area contributed by atoms with Gasteiger partial charge in [0.05, 0.1) is 6.10 Å². The monoisotopic (exact) mass is 238 g/mol.